The molecule has 0 bridgehead atoms. The van der Waals surface area contributed by atoms with E-state index in [1.54, 1.807) is 4.90 Å². The van der Waals surface area contributed by atoms with Gasteiger partial charge in [0.05, 0.1) is 30.9 Å². The lowest BCUT2D eigenvalue weighted by atomic mass is 10.1. The minimum Gasteiger partial charge on any atom is -0.340 e. The van der Waals surface area contributed by atoms with Crippen LogP contribution in [0.5, 0.6) is 0 Å². The lowest BCUT2D eigenvalue weighted by molar-refractivity contribution is -0.135. The number of anilines is 1. The Bertz CT molecular complexity index is 627. The Morgan fingerprint density at radius 3 is 2.35 bits per heavy atom. The largest absolute Gasteiger partial charge is 0.340 e. The molecule has 1 heterocycles. The second kappa shape index (κ2) is 7.95. The topological polar surface area (TPSA) is 88.2 Å². The first-order chi connectivity index (χ1) is 11.2. The van der Waals surface area contributed by atoms with E-state index in [0.717, 1.165) is 5.69 Å². The highest BCUT2D eigenvalue weighted by atomic mass is 16.2. The van der Waals surface area contributed by atoms with Gasteiger partial charge in [0, 0.05) is 31.7 Å². The molecule has 1 fully saturated rings. The number of carbonyl (C=O) groups is 2. The maximum absolute atomic E-state index is 12.6. The fourth-order valence-corrected chi connectivity index (χ4v) is 2.69. The third-order valence-electron chi connectivity index (χ3n) is 3.84. The molecule has 1 atom stereocenters. The molecule has 1 unspecified atom stereocenters. The second-order valence-corrected chi connectivity index (χ2v) is 5.38. The summed E-state index contributed by atoms with van der Waals surface area (Å²) in [6, 6.07) is 13.3. The number of para-hydroxylation sites is 1. The summed E-state index contributed by atoms with van der Waals surface area (Å²) < 4.78 is 0. The van der Waals surface area contributed by atoms with Crippen molar-refractivity contribution in [2.45, 2.75) is 19.3 Å². The summed E-state index contributed by atoms with van der Waals surface area (Å²) in [5.74, 6) is -0.641. The van der Waals surface area contributed by atoms with E-state index in [1.165, 1.54) is 4.90 Å². The number of benzene rings is 1. The molecule has 6 nitrogen and oxygen atoms in total. The predicted octanol–water partition coefficient (Wildman–Crippen LogP) is 1.70. The van der Waals surface area contributed by atoms with Gasteiger partial charge in [0.2, 0.25) is 11.8 Å². The first kappa shape index (κ1) is 16.5. The van der Waals surface area contributed by atoms with Crippen LogP contribution in [0, 0.1) is 28.6 Å². The molecule has 2 rings (SSSR count). The normalized spacial score (nSPS) is 16.7. The quantitative estimate of drug-likeness (QED) is 0.800. The second-order valence-electron chi connectivity index (χ2n) is 5.38. The zero-order valence-corrected chi connectivity index (χ0v) is 12.8. The molecule has 0 radical (unpaired) electrons. The summed E-state index contributed by atoms with van der Waals surface area (Å²) in [5.41, 5.74) is 0.786. The van der Waals surface area contributed by atoms with Crippen molar-refractivity contribution >= 4 is 17.5 Å². The van der Waals surface area contributed by atoms with E-state index in [-0.39, 0.29) is 31.1 Å². The lowest BCUT2D eigenvalue weighted by Gasteiger charge is -2.24. The van der Waals surface area contributed by atoms with Crippen molar-refractivity contribution in [3.8, 4) is 12.1 Å². The molecule has 0 aromatic heterocycles. The molecular formula is C17H18N4O2. The molecule has 1 aliphatic rings. The van der Waals surface area contributed by atoms with Crippen molar-refractivity contribution in [1.82, 2.24) is 4.90 Å². The third kappa shape index (κ3) is 4.08. The van der Waals surface area contributed by atoms with Gasteiger partial charge in [0.15, 0.2) is 0 Å². The Labute approximate surface area is 135 Å². The van der Waals surface area contributed by atoms with Gasteiger partial charge in [-0.25, -0.2) is 0 Å². The van der Waals surface area contributed by atoms with E-state index in [9.17, 15) is 9.59 Å². The molecule has 1 aliphatic heterocycles. The number of nitriles is 2. The molecule has 0 spiro atoms. The fraction of sp³-hybridized carbons (Fsp3) is 0.412. The SMILES string of the molecule is N#CCCN(CCC#N)C(=O)C1CC(=O)N(c2ccccc2)C1. The van der Waals surface area contributed by atoms with E-state index >= 15 is 0 Å². The summed E-state index contributed by atoms with van der Waals surface area (Å²) in [7, 11) is 0. The van der Waals surface area contributed by atoms with Crippen molar-refractivity contribution in [3.63, 3.8) is 0 Å². The Morgan fingerprint density at radius 1 is 1.17 bits per heavy atom. The smallest absolute Gasteiger partial charge is 0.228 e. The van der Waals surface area contributed by atoms with Crippen molar-refractivity contribution in [2.75, 3.05) is 24.5 Å². The first-order valence-corrected chi connectivity index (χ1v) is 7.55. The summed E-state index contributed by atoms with van der Waals surface area (Å²) in [6.45, 7) is 0.942. The van der Waals surface area contributed by atoms with Crippen LogP contribution in [0.15, 0.2) is 30.3 Å². The van der Waals surface area contributed by atoms with Crippen LogP contribution in [0.1, 0.15) is 19.3 Å². The van der Waals surface area contributed by atoms with Gasteiger partial charge in [-0.05, 0) is 12.1 Å². The van der Waals surface area contributed by atoms with Crippen LogP contribution in [-0.4, -0.2) is 36.3 Å². The highest BCUT2D eigenvalue weighted by Crippen LogP contribution is 2.26. The number of hydrogen-bond donors (Lipinski definition) is 0. The van der Waals surface area contributed by atoms with Crippen LogP contribution in [0.3, 0.4) is 0 Å². The van der Waals surface area contributed by atoms with E-state index in [4.69, 9.17) is 10.5 Å². The van der Waals surface area contributed by atoms with Gasteiger partial charge in [-0.15, -0.1) is 0 Å². The van der Waals surface area contributed by atoms with Crippen LogP contribution >= 0.6 is 0 Å². The molecule has 1 aromatic rings. The molecule has 23 heavy (non-hydrogen) atoms. The molecule has 6 heteroatoms. The number of nitrogens with zero attached hydrogens (tertiary/aromatic N) is 4. The van der Waals surface area contributed by atoms with Crippen LogP contribution in [0.4, 0.5) is 5.69 Å². The fourth-order valence-electron chi connectivity index (χ4n) is 2.69. The van der Waals surface area contributed by atoms with Crippen LogP contribution in [0.2, 0.25) is 0 Å². The van der Waals surface area contributed by atoms with Gasteiger partial charge >= 0.3 is 0 Å². The molecule has 0 N–H and O–H groups in total. The zero-order chi connectivity index (χ0) is 16.7. The van der Waals surface area contributed by atoms with Gasteiger partial charge in [0.1, 0.15) is 0 Å². The monoisotopic (exact) mass is 310 g/mol. The zero-order valence-electron chi connectivity index (χ0n) is 12.8. The highest BCUT2D eigenvalue weighted by Gasteiger charge is 2.36. The minimum absolute atomic E-state index is 0.0740. The predicted molar refractivity (Wildman–Crippen MR) is 83.9 cm³/mol. The van der Waals surface area contributed by atoms with E-state index in [1.807, 2.05) is 42.5 Å². The van der Waals surface area contributed by atoms with Gasteiger partial charge in [-0.3, -0.25) is 9.59 Å². The Morgan fingerprint density at radius 2 is 1.78 bits per heavy atom. The minimum atomic E-state index is -0.417. The van der Waals surface area contributed by atoms with E-state index in [0.29, 0.717) is 19.6 Å². The van der Waals surface area contributed by atoms with Gasteiger partial charge in [-0.2, -0.15) is 10.5 Å². The van der Waals surface area contributed by atoms with Crippen LogP contribution < -0.4 is 4.90 Å². The number of amides is 2. The summed E-state index contributed by atoms with van der Waals surface area (Å²) in [6.07, 6.45) is 0.615. The lowest BCUT2D eigenvalue weighted by Crippen LogP contribution is -2.38. The Balaban J connectivity index is 2.06. The van der Waals surface area contributed by atoms with Gasteiger partial charge in [0.25, 0.3) is 0 Å². The number of hydrogen-bond acceptors (Lipinski definition) is 4. The maximum Gasteiger partial charge on any atom is 0.228 e. The summed E-state index contributed by atoms with van der Waals surface area (Å²) in [4.78, 5) is 27.9. The molecular weight excluding hydrogens is 292 g/mol. The van der Waals surface area contributed by atoms with Crippen molar-refractivity contribution in [3.05, 3.63) is 30.3 Å². The molecule has 0 saturated carbocycles. The summed E-state index contributed by atoms with van der Waals surface area (Å²) in [5, 5.41) is 17.4. The molecule has 1 aromatic carbocycles. The van der Waals surface area contributed by atoms with E-state index in [2.05, 4.69) is 0 Å². The highest BCUT2D eigenvalue weighted by molar-refractivity contribution is 6.00. The molecule has 118 valence electrons. The van der Waals surface area contributed by atoms with Crippen LogP contribution in [-0.2, 0) is 9.59 Å². The van der Waals surface area contributed by atoms with Gasteiger partial charge < -0.3 is 9.80 Å². The number of rotatable bonds is 6. The standard InChI is InChI=1S/C17H18N4O2/c18-8-4-10-20(11-5-9-19)17(23)14-12-16(22)21(13-14)15-6-2-1-3-7-15/h1-3,6-7,14H,4-5,10-13H2. The summed E-state index contributed by atoms with van der Waals surface area (Å²) >= 11 is 0. The Hall–Kier alpha value is -2.86. The maximum atomic E-state index is 12.6. The van der Waals surface area contributed by atoms with Crippen molar-refractivity contribution < 1.29 is 9.59 Å². The van der Waals surface area contributed by atoms with Crippen molar-refractivity contribution in [1.29, 1.82) is 10.5 Å². The average Bonchev–Trinajstić information content (AvgIpc) is 2.97. The number of carbonyl (C=O) groups excluding carboxylic acids is 2. The van der Waals surface area contributed by atoms with Crippen molar-refractivity contribution in [2.24, 2.45) is 5.92 Å². The van der Waals surface area contributed by atoms with E-state index < -0.39 is 5.92 Å². The molecule has 2 amide bonds. The first-order valence-electron chi connectivity index (χ1n) is 7.55. The molecule has 0 aliphatic carbocycles. The Kier molecular flexibility index (Phi) is 5.71. The van der Waals surface area contributed by atoms with Crippen LogP contribution in [0.25, 0.3) is 0 Å². The molecule has 1 saturated heterocycles. The average molecular weight is 310 g/mol. The third-order valence-corrected chi connectivity index (χ3v) is 3.84. The van der Waals surface area contributed by atoms with Gasteiger partial charge in [-0.1, -0.05) is 18.2 Å².